The Morgan fingerprint density at radius 1 is 1.47 bits per heavy atom. The Balaban J connectivity index is 2.13. The van der Waals surface area contributed by atoms with Gasteiger partial charge in [-0.25, -0.2) is 13.1 Å². The van der Waals surface area contributed by atoms with Crippen LogP contribution in [0, 0.1) is 18.8 Å². The summed E-state index contributed by atoms with van der Waals surface area (Å²) in [5, 5.41) is 0. The fourth-order valence-electron chi connectivity index (χ4n) is 1.57. The highest BCUT2D eigenvalue weighted by Crippen LogP contribution is 2.37. The number of rotatable bonds is 3. The average Bonchev–Trinajstić information content (AvgIpc) is 2.95. The van der Waals surface area contributed by atoms with Gasteiger partial charge in [-0.1, -0.05) is 6.92 Å². The standard InChI is InChI=1S/C11H14N2O3S/c1-7-5-10(7)11(14)13-17(15,16)9-4-3-8(2)12-6-9/h3-4,6-7,10H,5H2,1-2H3,(H,13,14)/t7-,10-/m0/s1. The molecule has 0 unspecified atom stereocenters. The van der Waals surface area contributed by atoms with E-state index < -0.39 is 15.9 Å². The zero-order valence-corrected chi connectivity index (χ0v) is 10.5. The van der Waals surface area contributed by atoms with Crippen LogP contribution in [0.4, 0.5) is 0 Å². The maximum Gasteiger partial charge on any atom is 0.265 e. The van der Waals surface area contributed by atoms with Gasteiger partial charge >= 0.3 is 0 Å². The lowest BCUT2D eigenvalue weighted by molar-refractivity contribution is -0.120. The van der Waals surface area contributed by atoms with E-state index in [4.69, 9.17) is 0 Å². The monoisotopic (exact) mass is 254 g/mol. The van der Waals surface area contributed by atoms with Crippen molar-refractivity contribution >= 4 is 15.9 Å². The van der Waals surface area contributed by atoms with Crippen molar-refractivity contribution in [3.8, 4) is 0 Å². The molecule has 0 radical (unpaired) electrons. The topological polar surface area (TPSA) is 76.1 Å². The number of carbonyl (C=O) groups excluding carboxylic acids is 1. The highest BCUT2D eigenvalue weighted by molar-refractivity contribution is 7.90. The molecule has 1 fully saturated rings. The van der Waals surface area contributed by atoms with Crippen molar-refractivity contribution in [2.45, 2.75) is 25.2 Å². The van der Waals surface area contributed by atoms with Gasteiger partial charge in [-0.15, -0.1) is 0 Å². The number of nitrogens with one attached hydrogen (secondary N) is 1. The van der Waals surface area contributed by atoms with Crippen LogP contribution < -0.4 is 4.72 Å². The van der Waals surface area contributed by atoms with Crippen molar-refractivity contribution < 1.29 is 13.2 Å². The highest BCUT2D eigenvalue weighted by atomic mass is 32.2. The van der Waals surface area contributed by atoms with E-state index >= 15 is 0 Å². The quantitative estimate of drug-likeness (QED) is 0.867. The molecule has 0 aliphatic heterocycles. The molecule has 1 aliphatic rings. The largest absolute Gasteiger partial charge is 0.274 e. The second-order valence-corrected chi connectivity index (χ2v) is 6.11. The van der Waals surface area contributed by atoms with Crippen LogP contribution in [0.3, 0.4) is 0 Å². The number of sulfonamides is 1. The molecule has 0 saturated heterocycles. The van der Waals surface area contributed by atoms with Gasteiger partial charge in [0.15, 0.2) is 0 Å². The van der Waals surface area contributed by atoms with Crippen molar-refractivity contribution in [2.75, 3.05) is 0 Å². The van der Waals surface area contributed by atoms with E-state index in [2.05, 4.69) is 9.71 Å². The van der Waals surface area contributed by atoms with Gasteiger partial charge in [0.1, 0.15) is 4.90 Å². The van der Waals surface area contributed by atoms with Crippen LogP contribution in [0.15, 0.2) is 23.2 Å². The van der Waals surface area contributed by atoms with Crippen LogP contribution in [0.5, 0.6) is 0 Å². The van der Waals surface area contributed by atoms with Crippen LogP contribution in [0.2, 0.25) is 0 Å². The summed E-state index contributed by atoms with van der Waals surface area (Å²) in [6.45, 7) is 3.69. The molecule has 1 aromatic rings. The molecule has 2 atom stereocenters. The molecule has 0 aromatic carbocycles. The fourth-order valence-corrected chi connectivity index (χ4v) is 2.54. The van der Waals surface area contributed by atoms with Gasteiger partial charge in [0.2, 0.25) is 5.91 Å². The predicted octanol–water partition coefficient (Wildman–Crippen LogP) is 0.851. The number of hydrogen-bond donors (Lipinski definition) is 1. The molecule has 1 amide bonds. The minimum Gasteiger partial charge on any atom is -0.274 e. The lowest BCUT2D eigenvalue weighted by Crippen LogP contribution is -2.32. The van der Waals surface area contributed by atoms with Crippen molar-refractivity contribution in [3.63, 3.8) is 0 Å². The van der Waals surface area contributed by atoms with Crippen LogP contribution in [-0.2, 0) is 14.8 Å². The van der Waals surface area contributed by atoms with Gasteiger partial charge < -0.3 is 0 Å². The molecule has 0 bridgehead atoms. The molecular weight excluding hydrogens is 240 g/mol. The molecule has 2 rings (SSSR count). The number of aryl methyl sites for hydroxylation is 1. The van der Waals surface area contributed by atoms with Gasteiger partial charge in [-0.3, -0.25) is 9.78 Å². The summed E-state index contributed by atoms with van der Waals surface area (Å²) in [5.74, 6) is -0.303. The van der Waals surface area contributed by atoms with Crippen LogP contribution in [0.1, 0.15) is 19.0 Å². The Morgan fingerprint density at radius 3 is 2.59 bits per heavy atom. The van der Waals surface area contributed by atoms with Gasteiger partial charge in [0.05, 0.1) is 0 Å². The summed E-state index contributed by atoms with van der Waals surface area (Å²) in [7, 11) is -3.77. The van der Waals surface area contributed by atoms with E-state index in [0.717, 1.165) is 12.1 Å². The zero-order chi connectivity index (χ0) is 12.6. The van der Waals surface area contributed by atoms with Crippen molar-refractivity contribution in [1.82, 2.24) is 9.71 Å². The Bertz CT molecular complexity index is 536. The summed E-state index contributed by atoms with van der Waals surface area (Å²) in [4.78, 5) is 15.5. The molecule has 1 N–H and O–H groups in total. The number of nitrogens with zero attached hydrogens (tertiary/aromatic N) is 1. The average molecular weight is 254 g/mol. The summed E-state index contributed by atoms with van der Waals surface area (Å²) >= 11 is 0. The molecule has 0 spiro atoms. The third kappa shape index (κ3) is 2.63. The van der Waals surface area contributed by atoms with Gasteiger partial charge in [0, 0.05) is 17.8 Å². The summed E-state index contributed by atoms with van der Waals surface area (Å²) < 4.78 is 25.7. The SMILES string of the molecule is Cc1ccc(S(=O)(=O)NC(=O)[C@H]2C[C@@H]2C)cn1. The lowest BCUT2D eigenvalue weighted by Gasteiger charge is -2.06. The van der Waals surface area contributed by atoms with Crippen molar-refractivity contribution in [3.05, 3.63) is 24.0 Å². The molecule has 17 heavy (non-hydrogen) atoms. The van der Waals surface area contributed by atoms with Gasteiger partial charge in [-0.2, -0.15) is 0 Å². The minimum atomic E-state index is -3.77. The smallest absolute Gasteiger partial charge is 0.265 e. The second-order valence-electron chi connectivity index (χ2n) is 4.42. The fraction of sp³-hybridized carbons (Fsp3) is 0.455. The first-order chi connectivity index (χ1) is 7.90. The maximum absolute atomic E-state index is 11.8. The Labute approximate surface area is 100 Å². The maximum atomic E-state index is 11.8. The van der Waals surface area contributed by atoms with Gasteiger partial charge in [0.25, 0.3) is 10.0 Å². The number of hydrogen-bond acceptors (Lipinski definition) is 4. The van der Waals surface area contributed by atoms with Gasteiger partial charge in [-0.05, 0) is 31.4 Å². The number of pyridine rings is 1. The van der Waals surface area contributed by atoms with E-state index in [1.165, 1.54) is 12.3 Å². The molecule has 1 saturated carbocycles. The van der Waals surface area contributed by atoms with E-state index in [1.54, 1.807) is 13.0 Å². The van der Waals surface area contributed by atoms with Crippen molar-refractivity contribution in [1.29, 1.82) is 0 Å². The first-order valence-corrected chi connectivity index (χ1v) is 6.88. The van der Waals surface area contributed by atoms with E-state index in [1.807, 2.05) is 6.92 Å². The molecule has 1 aliphatic carbocycles. The summed E-state index contributed by atoms with van der Waals surface area (Å²) in [5.41, 5.74) is 0.728. The predicted molar refractivity (Wildman–Crippen MR) is 61.6 cm³/mol. The normalized spacial score (nSPS) is 23.2. The second kappa shape index (κ2) is 4.10. The molecule has 1 aromatic heterocycles. The third-order valence-corrected chi connectivity index (χ3v) is 4.21. The number of aromatic nitrogens is 1. The number of carbonyl (C=O) groups is 1. The van der Waals surface area contributed by atoms with Crippen LogP contribution in [-0.4, -0.2) is 19.3 Å². The molecular formula is C11H14N2O3S. The Kier molecular flexibility index (Phi) is 2.91. The number of amides is 1. The third-order valence-electron chi connectivity index (χ3n) is 2.88. The summed E-state index contributed by atoms with van der Waals surface area (Å²) in [6, 6.07) is 3.03. The summed E-state index contributed by atoms with van der Waals surface area (Å²) in [6.07, 6.45) is 2.01. The minimum absolute atomic E-state index is 0.0183. The first kappa shape index (κ1) is 12.0. The Morgan fingerprint density at radius 2 is 2.12 bits per heavy atom. The molecule has 1 heterocycles. The van der Waals surface area contributed by atoms with Crippen LogP contribution >= 0.6 is 0 Å². The first-order valence-electron chi connectivity index (χ1n) is 5.39. The van der Waals surface area contributed by atoms with Crippen molar-refractivity contribution in [2.24, 2.45) is 11.8 Å². The Hall–Kier alpha value is -1.43. The highest BCUT2D eigenvalue weighted by Gasteiger charge is 2.40. The molecule has 5 nitrogen and oxygen atoms in total. The lowest BCUT2D eigenvalue weighted by atomic mass is 10.3. The van der Waals surface area contributed by atoms with E-state index in [9.17, 15) is 13.2 Å². The zero-order valence-electron chi connectivity index (χ0n) is 9.67. The van der Waals surface area contributed by atoms with E-state index in [-0.39, 0.29) is 16.7 Å². The van der Waals surface area contributed by atoms with E-state index in [0.29, 0.717) is 0 Å². The molecule has 6 heteroatoms. The molecule has 92 valence electrons. The van der Waals surface area contributed by atoms with Crippen LogP contribution in [0.25, 0.3) is 0 Å².